The van der Waals surface area contributed by atoms with Crippen LogP contribution in [0.3, 0.4) is 0 Å². The number of fused-ring (bicyclic) bond motifs is 1. The van der Waals surface area contributed by atoms with Gasteiger partial charge in [-0.25, -0.2) is 0 Å². The van der Waals surface area contributed by atoms with Gasteiger partial charge in [0.15, 0.2) is 12.6 Å². The lowest BCUT2D eigenvalue weighted by Crippen LogP contribution is -2.65. The van der Waals surface area contributed by atoms with Crippen molar-refractivity contribution in [2.45, 2.75) is 86.8 Å². The molecule has 16 nitrogen and oxygen atoms in total. The van der Waals surface area contributed by atoms with E-state index in [0.717, 1.165) is 5.56 Å². The lowest BCUT2D eigenvalue weighted by atomic mass is 9.84. The van der Waals surface area contributed by atoms with Crippen LogP contribution in [0, 0.1) is 0 Å². The molecule has 2 heterocycles. The molecule has 0 bridgehead atoms. The highest BCUT2D eigenvalue weighted by atomic mass is 16.8. The van der Waals surface area contributed by atoms with Crippen molar-refractivity contribution in [2.24, 2.45) is 15.3 Å². The number of rotatable bonds is 6. The summed E-state index contributed by atoms with van der Waals surface area (Å²) in [5.41, 5.74) is 27.6. The van der Waals surface area contributed by atoms with Crippen molar-refractivity contribution < 1.29 is 34.3 Å². The first-order valence-corrected chi connectivity index (χ1v) is 11.2. The summed E-state index contributed by atoms with van der Waals surface area (Å²) in [6, 6.07) is 5.64. The molecule has 3 fully saturated rings. The SMILES string of the molecule is CC1OC(c2ccccc2)O[C@@H]2C1O[C@H](O[C@@H]1C(N=[N+]=[N-])CC(N=[N+]=[N-])C(O)C1O)C(N=[N+]=[N-])[C@H]2O. The third kappa shape index (κ3) is 5.05. The summed E-state index contributed by atoms with van der Waals surface area (Å²) in [6.45, 7) is 1.72. The Hall–Kier alpha value is -3.13. The number of ether oxygens (including phenoxy) is 4. The molecule has 36 heavy (non-hydrogen) atoms. The lowest BCUT2D eigenvalue weighted by molar-refractivity contribution is -0.368. The van der Waals surface area contributed by atoms with Gasteiger partial charge in [-0.2, -0.15) is 0 Å². The molecule has 0 radical (unpaired) electrons. The van der Waals surface area contributed by atoms with Crippen LogP contribution in [0.2, 0.25) is 0 Å². The summed E-state index contributed by atoms with van der Waals surface area (Å²) in [5, 5.41) is 42.9. The van der Waals surface area contributed by atoms with Crippen molar-refractivity contribution in [3.63, 3.8) is 0 Å². The third-order valence-electron chi connectivity index (χ3n) is 6.55. The van der Waals surface area contributed by atoms with Gasteiger partial charge < -0.3 is 34.3 Å². The molecule has 1 aliphatic carbocycles. The molecule has 1 aromatic rings. The molecule has 1 saturated carbocycles. The summed E-state index contributed by atoms with van der Waals surface area (Å²) in [4.78, 5) is 8.17. The number of aliphatic hydroxyl groups is 3. The molecule has 3 N–H and O–H groups in total. The number of hydrogen-bond acceptors (Lipinski definition) is 10. The summed E-state index contributed by atoms with van der Waals surface area (Å²) in [5.74, 6) is 0. The molecular weight excluding hydrogens is 478 g/mol. The second-order valence-electron chi connectivity index (χ2n) is 8.70. The molecule has 192 valence electrons. The number of azide groups is 3. The van der Waals surface area contributed by atoms with Gasteiger partial charge in [0.25, 0.3) is 0 Å². The maximum absolute atomic E-state index is 11.1. The first-order valence-electron chi connectivity index (χ1n) is 11.2. The van der Waals surface area contributed by atoms with Crippen LogP contribution < -0.4 is 0 Å². The van der Waals surface area contributed by atoms with E-state index >= 15 is 0 Å². The minimum atomic E-state index is -1.64. The van der Waals surface area contributed by atoms with E-state index in [0.29, 0.717) is 0 Å². The van der Waals surface area contributed by atoms with Crippen LogP contribution in [0.25, 0.3) is 31.3 Å². The molecule has 0 aromatic heterocycles. The van der Waals surface area contributed by atoms with Crippen LogP contribution in [-0.2, 0) is 18.9 Å². The van der Waals surface area contributed by atoms with Crippen LogP contribution in [0.1, 0.15) is 25.2 Å². The Balaban J connectivity index is 1.58. The fourth-order valence-electron chi connectivity index (χ4n) is 4.77. The maximum Gasteiger partial charge on any atom is 0.184 e. The molecular formula is C20H25N9O7. The zero-order valence-electron chi connectivity index (χ0n) is 19.0. The smallest absolute Gasteiger partial charge is 0.184 e. The van der Waals surface area contributed by atoms with Gasteiger partial charge in [-0.05, 0) is 29.9 Å². The monoisotopic (exact) mass is 503 g/mol. The Labute approximate surface area is 204 Å². The number of nitrogens with zero attached hydrogens (tertiary/aromatic N) is 9. The molecule has 0 spiro atoms. The largest absolute Gasteiger partial charge is 0.390 e. The Kier molecular flexibility index (Phi) is 8.14. The Morgan fingerprint density at radius 3 is 2.17 bits per heavy atom. The average molecular weight is 503 g/mol. The van der Waals surface area contributed by atoms with E-state index in [1.165, 1.54) is 0 Å². The third-order valence-corrected chi connectivity index (χ3v) is 6.55. The second kappa shape index (κ2) is 11.3. The van der Waals surface area contributed by atoms with Gasteiger partial charge in [-0.3, -0.25) is 0 Å². The minimum absolute atomic E-state index is 0.119. The summed E-state index contributed by atoms with van der Waals surface area (Å²) in [6.07, 6.45) is -10.6. The van der Waals surface area contributed by atoms with Crippen molar-refractivity contribution in [3.05, 3.63) is 67.2 Å². The summed E-state index contributed by atoms with van der Waals surface area (Å²) >= 11 is 0. The van der Waals surface area contributed by atoms with Crippen molar-refractivity contribution in [1.29, 1.82) is 0 Å². The second-order valence-corrected chi connectivity index (χ2v) is 8.70. The van der Waals surface area contributed by atoms with E-state index in [9.17, 15) is 15.3 Å². The molecule has 0 amide bonds. The molecule has 12 atom stereocenters. The maximum atomic E-state index is 11.1. The molecule has 4 rings (SSSR count). The summed E-state index contributed by atoms with van der Waals surface area (Å²) < 4.78 is 23.8. The van der Waals surface area contributed by atoms with Crippen molar-refractivity contribution >= 4 is 0 Å². The van der Waals surface area contributed by atoms with Gasteiger partial charge in [0.2, 0.25) is 0 Å². The highest BCUT2D eigenvalue weighted by Gasteiger charge is 2.54. The molecule has 8 unspecified atom stereocenters. The van der Waals surface area contributed by atoms with E-state index in [1.54, 1.807) is 19.1 Å². The highest BCUT2D eigenvalue weighted by molar-refractivity contribution is 5.17. The van der Waals surface area contributed by atoms with E-state index in [4.69, 9.17) is 35.5 Å². The van der Waals surface area contributed by atoms with Crippen LogP contribution in [0.15, 0.2) is 45.7 Å². The van der Waals surface area contributed by atoms with Gasteiger partial charge >= 0.3 is 0 Å². The fourth-order valence-corrected chi connectivity index (χ4v) is 4.77. The highest BCUT2D eigenvalue weighted by Crippen LogP contribution is 2.39. The average Bonchev–Trinajstić information content (AvgIpc) is 2.88. The molecule has 1 aromatic carbocycles. The van der Waals surface area contributed by atoms with E-state index in [2.05, 4.69) is 30.1 Å². The normalized spacial score (nSPS) is 42.1. The van der Waals surface area contributed by atoms with Gasteiger partial charge in [0.1, 0.15) is 24.4 Å². The Morgan fingerprint density at radius 1 is 0.833 bits per heavy atom. The predicted octanol–water partition coefficient (Wildman–Crippen LogP) is 2.12. The minimum Gasteiger partial charge on any atom is -0.390 e. The van der Waals surface area contributed by atoms with E-state index in [1.807, 2.05) is 18.2 Å². The van der Waals surface area contributed by atoms with Crippen LogP contribution in [0.5, 0.6) is 0 Å². The zero-order chi connectivity index (χ0) is 25.8. The number of benzene rings is 1. The molecule has 16 heteroatoms. The van der Waals surface area contributed by atoms with Crippen LogP contribution >= 0.6 is 0 Å². The number of aliphatic hydroxyl groups excluding tert-OH is 3. The molecule has 2 saturated heterocycles. The van der Waals surface area contributed by atoms with Crippen LogP contribution in [-0.4, -0.2) is 82.5 Å². The zero-order valence-corrected chi connectivity index (χ0v) is 19.0. The predicted molar refractivity (Wildman–Crippen MR) is 120 cm³/mol. The van der Waals surface area contributed by atoms with Crippen molar-refractivity contribution in [3.8, 4) is 0 Å². The first kappa shape index (κ1) is 25.9. The van der Waals surface area contributed by atoms with Gasteiger partial charge in [0.05, 0.1) is 36.5 Å². The van der Waals surface area contributed by atoms with Gasteiger partial charge in [-0.15, -0.1) is 0 Å². The topological polar surface area (TPSA) is 244 Å². The summed E-state index contributed by atoms with van der Waals surface area (Å²) in [7, 11) is 0. The fraction of sp³-hybridized carbons (Fsp3) is 0.700. The first-order chi connectivity index (χ1) is 17.4. The van der Waals surface area contributed by atoms with Crippen molar-refractivity contribution in [1.82, 2.24) is 0 Å². The quantitative estimate of drug-likeness (QED) is 0.296. The Bertz CT molecular complexity index is 1060. The Morgan fingerprint density at radius 2 is 1.50 bits per heavy atom. The van der Waals surface area contributed by atoms with Gasteiger partial charge in [0, 0.05) is 20.3 Å². The van der Waals surface area contributed by atoms with Crippen molar-refractivity contribution in [2.75, 3.05) is 0 Å². The number of hydrogen-bond donors (Lipinski definition) is 3. The lowest BCUT2D eigenvalue weighted by Gasteiger charge is -2.50. The molecule has 2 aliphatic heterocycles. The van der Waals surface area contributed by atoms with E-state index in [-0.39, 0.29) is 6.42 Å². The van der Waals surface area contributed by atoms with E-state index < -0.39 is 73.4 Å². The standard InChI is InChI=1S/C20H25N9O7/c1-8-16-18(36-19(33-8)9-5-3-2-4-6-9)14(31)12(26-29-23)20(34-16)35-17-11(25-28-22)7-10(24-27-21)13(30)15(17)32/h2-6,8,10-20,30-32H,7H2,1H3/t8?,10?,11?,12?,13?,14-,15?,16?,17-,18+,19?,20-/m1/s1. The van der Waals surface area contributed by atoms with Crippen LogP contribution in [0.4, 0.5) is 0 Å². The molecule has 3 aliphatic rings. The van der Waals surface area contributed by atoms with Gasteiger partial charge in [-0.1, -0.05) is 45.7 Å².